The zero-order valence-electron chi connectivity index (χ0n) is 11.9. The molecule has 0 saturated carbocycles. The Bertz CT molecular complexity index is 491. The van der Waals surface area contributed by atoms with Crippen LogP contribution in [0.2, 0.25) is 0 Å². The summed E-state index contributed by atoms with van der Waals surface area (Å²) in [6.07, 6.45) is 1.49. The molecule has 0 radical (unpaired) electrons. The van der Waals surface area contributed by atoms with Gasteiger partial charge < -0.3 is 14.8 Å². The smallest absolute Gasteiger partial charge is 0.332 e. The van der Waals surface area contributed by atoms with Crippen LogP contribution < -0.4 is 10.1 Å². The van der Waals surface area contributed by atoms with E-state index in [0.29, 0.717) is 12.3 Å². The highest BCUT2D eigenvalue weighted by molar-refractivity contribution is 5.85. The van der Waals surface area contributed by atoms with E-state index >= 15 is 0 Å². The molecule has 1 amide bonds. The van der Waals surface area contributed by atoms with E-state index in [2.05, 4.69) is 5.32 Å². The van der Waals surface area contributed by atoms with Gasteiger partial charge >= 0.3 is 5.97 Å². The fraction of sp³-hybridized carbons (Fsp3) is 0.333. The Balaban J connectivity index is 2.52. The van der Waals surface area contributed by atoms with Crippen molar-refractivity contribution in [3.05, 3.63) is 41.6 Å². The molecule has 0 spiro atoms. The predicted octanol–water partition coefficient (Wildman–Crippen LogP) is 1.82. The van der Waals surface area contributed by atoms with Crippen molar-refractivity contribution in [2.45, 2.75) is 20.3 Å². The summed E-state index contributed by atoms with van der Waals surface area (Å²) >= 11 is 0. The molecule has 1 rings (SSSR count). The molecule has 0 aliphatic carbocycles. The van der Waals surface area contributed by atoms with Crippen molar-refractivity contribution >= 4 is 11.9 Å². The van der Waals surface area contributed by atoms with Crippen molar-refractivity contribution in [2.24, 2.45) is 0 Å². The van der Waals surface area contributed by atoms with E-state index in [0.717, 1.165) is 11.3 Å². The molecule has 0 bridgehead atoms. The van der Waals surface area contributed by atoms with Crippen LogP contribution in [0.3, 0.4) is 0 Å². The number of amides is 1. The fourth-order valence-corrected chi connectivity index (χ4v) is 1.59. The number of hydrogen-bond donors (Lipinski definition) is 1. The maximum Gasteiger partial charge on any atom is 0.332 e. The molecule has 5 heteroatoms. The summed E-state index contributed by atoms with van der Waals surface area (Å²) in [4.78, 5) is 23.0. The molecular formula is C15H19NO4. The standard InChI is InChI=1S/C15H19NO4/c1-4-20-15(18)9-11(2)16-14(17)10-12-5-7-13(19-3)8-6-12/h5-9H,4,10H2,1-3H3,(H,16,17)/b11-9+. The highest BCUT2D eigenvalue weighted by Crippen LogP contribution is 2.11. The molecular weight excluding hydrogens is 258 g/mol. The Labute approximate surface area is 118 Å². The third-order valence-corrected chi connectivity index (χ3v) is 2.48. The first-order valence-corrected chi connectivity index (χ1v) is 6.33. The van der Waals surface area contributed by atoms with Crippen molar-refractivity contribution in [3.8, 4) is 5.75 Å². The van der Waals surface area contributed by atoms with Gasteiger partial charge in [0.25, 0.3) is 0 Å². The number of carbonyl (C=O) groups is 2. The lowest BCUT2D eigenvalue weighted by Gasteiger charge is -2.06. The summed E-state index contributed by atoms with van der Waals surface area (Å²) < 4.78 is 9.80. The van der Waals surface area contributed by atoms with Gasteiger partial charge in [0.15, 0.2) is 0 Å². The molecule has 0 saturated heterocycles. The van der Waals surface area contributed by atoms with Crippen LogP contribution in [0.25, 0.3) is 0 Å². The van der Waals surface area contributed by atoms with Crippen molar-refractivity contribution in [1.29, 1.82) is 0 Å². The van der Waals surface area contributed by atoms with Crippen LogP contribution in [0.15, 0.2) is 36.0 Å². The van der Waals surface area contributed by atoms with Gasteiger partial charge in [-0.1, -0.05) is 12.1 Å². The molecule has 0 atom stereocenters. The zero-order chi connectivity index (χ0) is 15.0. The summed E-state index contributed by atoms with van der Waals surface area (Å²) in [6.45, 7) is 3.68. The molecule has 0 heterocycles. The molecule has 108 valence electrons. The first-order chi connectivity index (χ1) is 9.55. The van der Waals surface area contributed by atoms with Crippen LogP contribution in [0.5, 0.6) is 5.75 Å². The van der Waals surface area contributed by atoms with Gasteiger partial charge in [0.05, 0.1) is 20.1 Å². The number of esters is 1. The molecule has 0 fully saturated rings. The molecule has 0 aromatic heterocycles. The van der Waals surface area contributed by atoms with Crippen LogP contribution in [0.4, 0.5) is 0 Å². The van der Waals surface area contributed by atoms with E-state index in [1.807, 2.05) is 12.1 Å². The second kappa shape index (κ2) is 7.99. The van der Waals surface area contributed by atoms with E-state index < -0.39 is 5.97 Å². The molecule has 0 aliphatic heterocycles. The van der Waals surface area contributed by atoms with Crippen molar-refractivity contribution in [1.82, 2.24) is 5.32 Å². The summed E-state index contributed by atoms with van der Waals surface area (Å²) in [7, 11) is 1.59. The van der Waals surface area contributed by atoms with E-state index in [4.69, 9.17) is 9.47 Å². The molecule has 20 heavy (non-hydrogen) atoms. The van der Waals surface area contributed by atoms with Crippen LogP contribution in [0.1, 0.15) is 19.4 Å². The van der Waals surface area contributed by atoms with E-state index in [1.165, 1.54) is 6.08 Å². The summed E-state index contributed by atoms with van der Waals surface area (Å²) in [5, 5.41) is 2.64. The second-order valence-electron chi connectivity index (χ2n) is 4.15. The molecule has 0 aliphatic rings. The maximum absolute atomic E-state index is 11.8. The number of carbonyl (C=O) groups excluding carboxylic acids is 2. The first kappa shape index (κ1) is 15.8. The lowest BCUT2D eigenvalue weighted by molar-refractivity contribution is -0.137. The van der Waals surface area contributed by atoms with Gasteiger partial charge in [-0.05, 0) is 31.5 Å². The predicted molar refractivity (Wildman–Crippen MR) is 75.2 cm³/mol. The molecule has 1 aromatic carbocycles. The number of nitrogens with one attached hydrogen (secondary N) is 1. The topological polar surface area (TPSA) is 64.6 Å². The Morgan fingerprint density at radius 1 is 1.25 bits per heavy atom. The third kappa shape index (κ3) is 5.56. The van der Waals surface area contributed by atoms with E-state index in [-0.39, 0.29) is 12.3 Å². The summed E-state index contributed by atoms with van der Waals surface area (Å²) in [6, 6.07) is 7.24. The molecule has 1 N–H and O–H groups in total. The quantitative estimate of drug-likeness (QED) is 0.636. The number of allylic oxidation sites excluding steroid dienone is 1. The number of benzene rings is 1. The summed E-state index contributed by atoms with van der Waals surface area (Å²) in [5.41, 5.74) is 1.33. The Hall–Kier alpha value is -2.30. The van der Waals surface area contributed by atoms with Gasteiger partial charge in [-0.2, -0.15) is 0 Å². The number of rotatable bonds is 6. The largest absolute Gasteiger partial charge is 0.497 e. The number of hydrogen-bond acceptors (Lipinski definition) is 4. The SMILES string of the molecule is CCOC(=O)/C=C(\C)NC(=O)Cc1ccc(OC)cc1. The Kier molecular flexibility index (Phi) is 6.29. The number of methoxy groups -OCH3 is 1. The van der Waals surface area contributed by atoms with Gasteiger partial charge in [0.2, 0.25) is 5.91 Å². The normalized spacial score (nSPS) is 10.8. The van der Waals surface area contributed by atoms with Gasteiger partial charge in [-0.3, -0.25) is 4.79 Å². The minimum atomic E-state index is -0.463. The lowest BCUT2D eigenvalue weighted by Crippen LogP contribution is -2.24. The Morgan fingerprint density at radius 2 is 1.90 bits per heavy atom. The lowest BCUT2D eigenvalue weighted by atomic mass is 10.1. The van der Waals surface area contributed by atoms with Crippen LogP contribution in [-0.4, -0.2) is 25.6 Å². The van der Waals surface area contributed by atoms with E-state index in [1.54, 1.807) is 33.1 Å². The third-order valence-electron chi connectivity index (χ3n) is 2.48. The van der Waals surface area contributed by atoms with Crippen molar-refractivity contribution < 1.29 is 19.1 Å². The second-order valence-corrected chi connectivity index (χ2v) is 4.15. The van der Waals surface area contributed by atoms with Gasteiger partial charge in [0.1, 0.15) is 5.75 Å². The average Bonchev–Trinajstić information content (AvgIpc) is 2.39. The van der Waals surface area contributed by atoms with Gasteiger partial charge in [0, 0.05) is 11.8 Å². The van der Waals surface area contributed by atoms with Gasteiger partial charge in [-0.15, -0.1) is 0 Å². The van der Waals surface area contributed by atoms with Gasteiger partial charge in [-0.25, -0.2) is 4.79 Å². The fourth-order valence-electron chi connectivity index (χ4n) is 1.59. The zero-order valence-corrected chi connectivity index (χ0v) is 11.9. The van der Waals surface area contributed by atoms with Crippen LogP contribution in [-0.2, 0) is 20.7 Å². The van der Waals surface area contributed by atoms with Crippen LogP contribution in [0, 0.1) is 0 Å². The first-order valence-electron chi connectivity index (χ1n) is 6.33. The van der Waals surface area contributed by atoms with E-state index in [9.17, 15) is 9.59 Å². The van der Waals surface area contributed by atoms with Crippen LogP contribution >= 0.6 is 0 Å². The maximum atomic E-state index is 11.8. The molecule has 5 nitrogen and oxygen atoms in total. The average molecular weight is 277 g/mol. The Morgan fingerprint density at radius 3 is 2.45 bits per heavy atom. The minimum absolute atomic E-state index is 0.187. The monoisotopic (exact) mass is 277 g/mol. The summed E-state index contributed by atoms with van der Waals surface area (Å²) in [5.74, 6) is 0.0931. The highest BCUT2D eigenvalue weighted by Gasteiger charge is 2.05. The van der Waals surface area contributed by atoms with Crippen molar-refractivity contribution in [3.63, 3.8) is 0 Å². The highest BCUT2D eigenvalue weighted by atomic mass is 16.5. The van der Waals surface area contributed by atoms with Crippen molar-refractivity contribution in [2.75, 3.05) is 13.7 Å². The minimum Gasteiger partial charge on any atom is -0.497 e. The molecule has 1 aromatic rings. The molecule has 0 unspecified atom stereocenters. The number of ether oxygens (including phenoxy) is 2.